The third-order valence-corrected chi connectivity index (χ3v) is 4.71. The lowest BCUT2D eigenvalue weighted by Gasteiger charge is -2.21. The van der Waals surface area contributed by atoms with Gasteiger partial charge in [0.05, 0.1) is 11.9 Å². The van der Waals surface area contributed by atoms with Gasteiger partial charge in [-0.2, -0.15) is 0 Å². The first-order valence-electron chi connectivity index (χ1n) is 7.84. The molecule has 3 nitrogen and oxygen atoms in total. The molecule has 1 aliphatic carbocycles. The van der Waals surface area contributed by atoms with Gasteiger partial charge in [0, 0.05) is 19.1 Å². The zero-order chi connectivity index (χ0) is 13.1. The van der Waals surface area contributed by atoms with E-state index in [0.717, 1.165) is 11.7 Å². The maximum absolute atomic E-state index is 4.62. The molecule has 1 aromatic heterocycles. The molecule has 0 aromatic carbocycles. The van der Waals surface area contributed by atoms with E-state index in [9.17, 15) is 0 Å². The van der Waals surface area contributed by atoms with Gasteiger partial charge in [0.2, 0.25) is 0 Å². The van der Waals surface area contributed by atoms with Crippen LogP contribution in [0.25, 0.3) is 0 Å². The van der Waals surface area contributed by atoms with E-state index >= 15 is 0 Å². The highest BCUT2D eigenvalue weighted by atomic mass is 15.2. The number of anilines is 2. The molecule has 3 heteroatoms. The zero-order valence-corrected chi connectivity index (χ0v) is 11.9. The maximum atomic E-state index is 4.62. The summed E-state index contributed by atoms with van der Waals surface area (Å²) in [6.07, 6.45) is 9.98. The predicted octanol–water partition coefficient (Wildman–Crippen LogP) is 3.67. The summed E-state index contributed by atoms with van der Waals surface area (Å²) < 4.78 is 0. The Bertz CT molecular complexity index is 395. The lowest BCUT2D eigenvalue weighted by atomic mass is 10.0. The molecule has 0 amide bonds. The van der Waals surface area contributed by atoms with Crippen LogP contribution in [0.4, 0.5) is 11.5 Å². The first kappa shape index (κ1) is 12.8. The summed E-state index contributed by atoms with van der Waals surface area (Å²) in [4.78, 5) is 7.00. The van der Waals surface area contributed by atoms with Crippen molar-refractivity contribution in [1.29, 1.82) is 0 Å². The Balaban J connectivity index is 1.62. The van der Waals surface area contributed by atoms with Gasteiger partial charge in [-0.1, -0.05) is 19.8 Å². The molecule has 3 rings (SSSR count). The Morgan fingerprint density at radius 1 is 1.21 bits per heavy atom. The largest absolute Gasteiger partial charge is 0.381 e. The van der Waals surface area contributed by atoms with Crippen molar-refractivity contribution in [3.63, 3.8) is 0 Å². The number of nitrogens with one attached hydrogen (secondary N) is 1. The minimum atomic E-state index is 0.657. The molecule has 1 aromatic rings. The quantitative estimate of drug-likeness (QED) is 0.894. The number of nitrogens with zero attached hydrogens (tertiary/aromatic N) is 2. The van der Waals surface area contributed by atoms with Gasteiger partial charge in [-0.15, -0.1) is 0 Å². The van der Waals surface area contributed by atoms with E-state index < -0.39 is 0 Å². The van der Waals surface area contributed by atoms with Crippen molar-refractivity contribution in [2.45, 2.75) is 51.5 Å². The Morgan fingerprint density at radius 3 is 2.74 bits per heavy atom. The normalized spacial score (nSPS) is 26.9. The van der Waals surface area contributed by atoms with Crippen molar-refractivity contribution in [3.05, 3.63) is 18.3 Å². The van der Waals surface area contributed by atoms with E-state index in [1.165, 1.54) is 57.3 Å². The summed E-state index contributed by atoms with van der Waals surface area (Å²) in [6.45, 7) is 4.64. The van der Waals surface area contributed by atoms with Crippen LogP contribution in [0.1, 0.15) is 45.4 Å². The van der Waals surface area contributed by atoms with E-state index in [2.05, 4.69) is 34.3 Å². The van der Waals surface area contributed by atoms with Gasteiger partial charge in [0.25, 0.3) is 0 Å². The predicted molar refractivity (Wildman–Crippen MR) is 80.7 cm³/mol. The topological polar surface area (TPSA) is 28.2 Å². The highest BCUT2D eigenvalue weighted by Gasteiger charge is 2.25. The van der Waals surface area contributed by atoms with E-state index in [1.54, 1.807) is 0 Å². The van der Waals surface area contributed by atoms with Crippen molar-refractivity contribution in [2.24, 2.45) is 5.92 Å². The van der Waals surface area contributed by atoms with E-state index in [0.29, 0.717) is 6.04 Å². The van der Waals surface area contributed by atoms with Crippen molar-refractivity contribution >= 4 is 11.5 Å². The summed E-state index contributed by atoms with van der Waals surface area (Å²) >= 11 is 0. The van der Waals surface area contributed by atoms with Gasteiger partial charge in [-0.25, -0.2) is 4.98 Å². The van der Waals surface area contributed by atoms with Crippen LogP contribution in [-0.4, -0.2) is 24.1 Å². The van der Waals surface area contributed by atoms with E-state index in [4.69, 9.17) is 0 Å². The van der Waals surface area contributed by atoms with Crippen LogP contribution in [0.5, 0.6) is 0 Å². The highest BCUT2D eigenvalue weighted by molar-refractivity contribution is 5.49. The maximum Gasteiger partial charge on any atom is 0.128 e. The van der Waals surface area contributed by atoms with Crippen molar-refractivity contribution in [2.75, 3.05) is 23.3 Å². The van der Waals surface area contributed by atoms with Crippen molar-refractivity contribution in [1.82, 2.24) is 4.98 Å². The molecule has 2 atom stereocenters. The number of pyridine rings is 1. The molecule has 19 heavy (non-hydrogen) atoms. The SMILES string of the molecule is CCC1CCCC1Nc1ccc(N2CCCC2)nc1. The van der Waals surface area contributed by atoms with Gasteiger partial charge in [0.1, 0.15) is 5.82 Å². The van der Waals surface area contributed by atoms with E-state index in [-0.39, 0.29) is 0 Å². The second-order valence-corrected chi connectivity index (χ2v) is 5.95. The fraction of sp³-hybridized carbons (Fsp3) is 0.688. The molecule has 2 unspecified atom stereocenters. The standard InChI is InChI=1S/C16H25N3/c1-2-13-6-5-7-15(13)18-14-8-9-16(17-12-14)19-10-3-4-11-19/h8-9,12-13,15,18H,2-7,10-11H2,1H3. The van der Waals surface area contributed by atoms with Crippen LogP contribution in [-0.2, 0) is 0 Å². The van der Waals surface area contributed by atoms with Gasteiger partial charge in [-0.05, 0) is 43.7 Å². The Hall–Kier alpha value is -1.25. The Morgan fingerprint density at radius 2 is 2.05 bits per heavy atom. The van der Waals surface area contributed by atoms with Crippen molar-refractivity contribution < 1.29 is 0 Å². The molecule has 2 fully saturated rings. The van der Waals surface area contributed by atoms with Crippen LogP contribution in [0.15, 0.2) is 18.3 Å². The molecule has 1 saturated heterocycles. The third-order valence-electron chi connectivity index (χ3n) is 4.71. The van der Waals surface area contributed by atoms with E-state index in [1.807, 2.05) is 6.20 Å². The molecule has 2 heterocycles. The molecule has 0 radical (unpaired) electrons. The number of hydrogen-bond acceptors (Lipinski definition) is 3. The smallest absolute Gasteiger partial charge is 0.128 e. The molecule has 1 N–H and O–H groups in total. The lowest BCUT2D eigenvalue weighted by Crippen LogP contribution is -2.23. The third kappa shape index (κ3) is 2.85. The average molecular weight is 259 g/mol. The molecule has 0 bridgehead atoms. The molecule has 1 aliphatic heterocycles. The fourth-order valence-corrected chi connectivity index (χ4v) is 3.53. The summed E-state index contributed by atoms with van der Waals surface area (Å²) in [6, 6.07) is 5.03. The van der Waals surface area contributed by atoms with Gasteiger partial charge >= 0.3 is 0 Å². The zero-order valence-electron chi connectivity index (χ0n) is 11.9. The molecule has 104 valence electrons. The van der Waals surface area contributed by atoms with Crippen molar-refractivity contribution in [3.8, 4) is 0 Å². The summed E-state index contributed by atoms with van der Waals surface area (Å²) in [5.74, 6) is 1.99. The number of rotatable bonds is 4. The number of hydrogen-bond donors (Lipinski definition) is 1. The van der Waals surface area contributed by atoms with Crippen LogP contribution in [0.2, 0.25) is 0 Å². The second kappa shape index (κ2) is 5.81. The van der Waals surface area contributed by atoms with Gasteiger partial charge in [-0.3, -0.25) is 0 Å². The van der Waals surface area contributed by atoms with Gasteiger partial charge < -0.3 is 10.2 Å². The molecular formula is C16H25N3. The molecule has 2 aliphatic rings. The Labute approximate surface area is 116 Å². The average Bonchev–Trinajstić information content (AvgIpc) is 3.10. The summed E-state index contributed by atoms with van der Waals surface area (Å²) in [7, 11) is 0. The monoisotopic (exact) mass is 259 g/mol. The first-order chi connectivity index (χ1) is 9.36. The fourth-order valence-electron chi connectivity index (χ4n) is 3.53. The van der Waals surface area contributed by atoms with Crippen LogP contribution in [0, 0.1) is 5.92 Å². The summed E-state index contributed by atoms with van der Waals surface area (Å²) in [5.41, 5.74) is 1.19. The number of aromatic nitrogens is 1. The van der Waals surface area contributed by atoms with Crippen LogP contribution < -0.4 is 10.2 Å². The first-order valence-corrected chi connectivity index (χ1v) is 7.84. The highest BCUT2D eigenvalue weighted by Crippen LogP contribution is 2.30. The Kier molecular flexibility index (Phi) is 3.90. The molecular weight excluding hydrogens is 234 g/mol. The van der Waals surface area contributed by atoms with Crippen LogP contribution in [0.3, 0.4) is 0 Å². The van der Waals surface area contributed by atoms with Gasteiger partial charge in [0.15, 0.2) is 0 Å². The van der Waals surface area contributed by atoms with Crippen LogP contribution >= 0.6 is 0 Å². The minimum absolute atomic E-state index is 0.657. The minimum Gasteiger partial charge on any atom is -0.381 e. The lowest BCUT2D eigenvalue weighted by molar-refractivity contribution is 0.489. The second-order valence-electron chi connectivity index (χ2n) is 5.95. The molecule has 0 spiro atoms. The summed E-state index contributed by atoms with van der Waals surface area (Å²) in [5, 5.41) is 3.68. The molecule has 1 saturated carbocycles.